The topological polar surface area (TPSA) is 60.9 Å². The first-order valence-corrected chi connectivity index (χ1v) is 8.23. The average molecular weight is 298 g/mol. The second-order valence-electron chi connectivity index (χ2n) is 6.29. The number of carboxylic acids is 1. The summed E-state index contributed by atoms with van der Waals surface area (Å²) in [5.41, 5.74) is 0. The molecule has 5 nitrogen and oxygen atoms in total. The van der Waals surface area contributed by atoms with Crippen LogP contribution in [0.2, 0.25) is 0 Å². The summed E-state index contributed by atoms with van der Waals surface area (Å²) in [6.07, 6.45) is 5.79. The SMILES string of the molecule is CCCC1CCCN(C(=O)N(CCC(=O)O)C(C)C)CC1. The van der Waals surface area contributed by atoms with Crippen LogP contribution in [0.4, 0.5) is 4.79 Å². The van der Waals surface area contributed by atoms with Gasteiger partial charge in [0.05, 0.1) is 6.42 Å². The van der Waals surface area contributed by atoms with Crippen LogP contribution in [0.5, 0.6) is 0 Å². The lowest BCUT2D eigenvalue weighted by Crippen LogP contribution is -2.47. The fraction of sp³-hybridized carbons (Fsp3) is 0.875. The van der Waals surface area contributed by atoms with Gasteiger partial charge in [0.15, 0.2) is 0 Å². The molecule has 0 saturated carbocycles. The molecule has 1 aliphatic rings. The maximum absolute atomic E-state index is 12.6. The molecule has 1 unspecified atom stereocenters. The molecule has 1 aliphatic heterocycles. The molecule has 0 aliphatic carbocycles. The quantitative estimate of drug-likeness (QED) is 0.819. The van der Waals surface area contributed by atoms with Crippen LogP contribution in [0.1, 0.15) is 59.3 Å². The molecule has 1 atom stereocenters. The number of carbonyl (C=O) groups is 2. The third-order valence-electron chi connectivity index (χ3n) is 4.25. The number of carboxylic acid groups (broad SMARTS) is 1. The highest BCUT2D eigenvalue weighted by Gasteiger charge is 2.26. The molecule has 1 rings (SSSR count). The standard InChI is InChI=1S/C16H30N2O3/c1-4-6-14-7-5-10-17(11-8-14)16(21)18(13(2)3)12-9-15(19)20/h13-14H,4-12H2,1-3H3,(H,19,20). The lowest BCUT2D eigenvalue weighted by molar-refractivity contribution is -0.137. The van der Waals surface area contributed by atoms with Gasteiger partial charge < -0.3 is 14.9 Å². The molecule has 1 N–H and O–H groups in total. The van der Waals surface area contributed by atoms with Crippen molar-refractivity contribution in [2.24, 2.45) is 5.92 Å². The summed E-state index contributed by atoms with van der Waals surface area (Å²) in [7, 11) is 0. The Morgan fingerprint density at radius 3 is 2.57 bits per heavy atom. The minimum absolute atomic E-state index is 0.00315. The average Bonchev–Trinajstić information content (AvgIpc) is 2.64. The van der Waals surface area contributed by atoms with Gasteiger partial charge >= 0.3 is 12.0 Å². The van der Waals surface area contributed by atoms with Crippen LogP contribution in [-0.4, -0.2) is 52.6 Å². The summed E-state index contributed by atoms with van der Waals surface area (Å²) in [5, 5.41) is 8.82. The van der Waals surface area contributed by atoms with E-state index >= 15 is 0 Å². The van der Waals surface area contributed by atoms with Gasteiger partial charge in [0.2, 0.25) is 0 Å². The number of likely N-dealkylation sites (tertiary alicyclic amines) is 1. The van der Waals surface area contributed by atoms with Crippen LogP contribution in [0.25, 0.3) is 0 Å². The Bertz CT molecular complexity index is 344. The maximum Gasteiger partial charge on any atom is 0.320 e. The smallest absolute Gasteiger partial charge is 0.320 e. The normalized spacial score (nSPS) is 19.4. The number of carbonyl (C=O) groups excluding carboxylic acids is 1. The van der Waals surface area contributed by atoms with Crippen LogP contribution in [0.3, 0.4) is 0 Å². The highest BCUT2D eigenvalue weighted by atomic mass is 16.4. The predicted molar refractivity (Wildman–Crippen MR) is 83.3 cm³/mol. The number of aliphatic carboxylic acids is 1. The van der Waals surface area contributed by atoms with Crippen LogP contribution in [-0.2, 0) is 4.79 Å². The summed E-state index contributed by atoms with van der Waals surface area (Å²) in [4.78, 5) is 27.0. The van der Waals surface area contributed by atoms with Gasteiger partial charge in [0.25, 0.3) is 0 Å². The van der Waals surface area contributed by atoms with E-state index in [1.807, 2.05) is 18.7 Å². The van der Waals surface area contributed by atoms with E-state index in [-0.39, 0.29) is 18.5 Å². The minimum Gasteiger partial charge on any atom is -0.481 e. The zero-order valence-corrected chi connectivity index (χ0v) is 13.7. The summed E-state index contributed by atoms with van der Waals surface area (Å²) in [6.45, 7) is 7.99. The monoisotopic (exact) mass is 298 g/mol. The number of rotatable bonds is 6. The van der Waals surface area contributed by atoms with E-state index in [1.54, 1.807) is 4.90 Å². The van der Waals surface area contributed by atoms with Gasteiger partial charge in [0.1, 0.15) is 0 Å². The van der Waals surface area contributed by atoms with Gasteiger partial charge in [-0.1, -0.05) is 19.8 Å². The van der Waals surface area contributed by atoms with E-state index in [9.17, 15) is 9.59 Å². The molecule has 0 aromatic carbocycles. The number of nitrogens with zero attached hydrogens (tertiary/aromatic N) is 2. The molecule has 5 heteroatoms. The molecule has 1 saturated heterocycles. The first-order valence-electron chi connectivity index (χ1n) is 8.23. The molecule has 0 spiro atoms. The second-order valence-corrected chi connectivity index (χ2v) is 6.29. The van der Waals surface area contributed by atoms with E-state index in [2.05, 4.69) is 6.92 Å². The molecule has 21 heavy (non-hydrogen) atoms. The molecule has 0 radical (unpaired) electrons. The van der Waals surface area contributed by atoms with Crippen molar-refractivity contribution in [3.8, 4) is 0 Å². The van der Waals surface area contributed by atoms with Crippen molar-refractivity contribution < 1.29 is 14.7 Å². The Morgan fingerprint density at radius 2 is 2.00 bits per heavy atom. The number of urea groups is 1. The van der Waals surface area contributed by atoms with Crippen LogP contribution < -0.4 is 0 Å². The predicted octanol–water partition coefficient (Wildman–Crippen LogP) is 3.19. The number of hydrogen-bond acceptors (Lipinski definition) is 2. The minimum atomic E-state index is -0.854. The lowest BCUT2D eigenvalue weighted by Gasteiger charge is -2.32. The highest BCUT2D eigenvalue weighted by Crippen LogP contribution is 2.22. The van der Waals surface area contributed by atoms with Crippen molar-refractivity contribution in [2.75, 3.05) is 19.6 Å². The molecular formula is C16H30N2O3. The van der Waals surface area contributed by atoms with Gasteiger partial charge in [-0.3, -0.25) is 4.79 Å². The Morgan fingerprint density at radius 1 is 1.29 bits per heavy atom. The van der Waals surface area contributed by atoms with Gasteiger partial charge in [-0.25, -0.2) is 4.79 Å². The molecular weight excluding hydrogens is 268 g/mol. The maximum atomic E-state index is 12.6. The number of amides is 2. The molecule has 122 valence electrons. The Labute approximate surface area is 128 Å². The van der Waals surface area contributed by atoms with E-state index < -0.39 is 5.97 Å². The van der Waals surface area contributed by atoms with Gasteiger partial charge in [0, 0.05) is 25.7 Å². The molecule has 2 amide bonds. The Hall–Kier alpha value is -1.26. The van der Waals surface area contributed by atoms with Crippen LogP contribution >= 0.6 is 0 Å². The van der Waals surface area contributed by atoms with Crippen molar-refractivity contribution in [1.82, 2.24) is 9.80 Å². The summed E-state index contributed by atoms with van der Waals surface area (Å²) in [6, 6.07) is 0.0370. The van der Waals surface area contributed by atoms with Gasteiger partial charge in [-0.2, -0.15) is 0 Å². The van der Waals surface area contributed by atoms with Crippen molar-refractivity contribution in [1.29, 1.82) is 0 Å². The highest BCUT2D eigenvalue weighted by molar-refractivity contribution is 5.75. The van der Waals surface area contributed by atoms with Crippen molar-refractivity contribution in [3.05, 3.63) is 0 Å². The van der Waals surface area contributed by atoms with Crippen LogP contribution in [0, 0.1) is 5.92 Å². The molecule has 1 heterocycles. The zero-order chi connectivity index (χ0) is 15.8. The lowest BCUT2D eigenvalue weighted by atomic mass is 9.96. The van der Waals surface area contributed by atoms with Gasteiger partial charge in [-0.15, -0.1) is 0 Å². The van der Waals surface area contributed by atoms with E-state index in [0.29, 0.717) is 6.54 Å². The van der Waals surface area contributed by atoms with Crippen LogP contribution in [0.15, 0.2) is 0 Å². The molecule has 0 aromatic rings. The largest absolute Gasteiger partial charge is 0.481 e. The van der Waals surface area contributed by atoms with Crippen molar-refractivity contribution in [2.45, 2.75) is 65.3 Å². The summed E-state index contributed by atoms with van der Waals surface area (Å²) < 4.78 is 0. The second kappa shape index (κ2) is 8.90. The van der Waals surface area contributed by atoms with Crippen molar-refractivity contribution in [3.63, 3.8) is 0 Å². The van der Waals surface area contributed by atoms with E-state index in [1.165, 1.54) is 19.3 Å². The first-order chi connectivity index (χ1) is 9.95. The summed E-state index contributed by atoms with van der Waals surface area (Å²) >= 11 is 0. The fourth-order valence-corrected chi connectivity index (χ4v) is 3.03. The molecule has 0 bridgehead atoms. The first kappa shape index (κ1) is 17.8. The third kappa shape index (κ3) is 5.94. The third-order valence-corrected chi connectivity index (χ3v) is 4.25. The number of hydrogen-bond donors (Lipinski definition) is 1. The Kier molecular flexibility index (Phi) is 7.54. The van der Waals surface area contributed by atoms with Crippen molar-refractivity contribution >= 4 is 12.0 Å². The summed E-state index contributed by atoms with van der Waals surface area (Å²) in [5.74, 6) is -0.119. The van der Waals surface area contributed by atoms with E-state index in [0.717, 1.165) is 31.8 Å². The van der Waals surface area contributed by atoms with Gasteiger partial charge in [-0.05, 0) is 39.0 Å². The Balaban J connectivity index is 2.59. The fourth-order valence-electron chi connectivity index (χ4n) is 3.03. The van der Waals surface area contributed by atoms with E-state index in [4.69, 9.17) is 5.11 Å². The molecule has 1 fully saturated rings. The zero-order valence-electron chi connectivity index (χ0n) is 13.7. The molecule has 0 aromatic heterocycles.